The SMILES string of the molecule is Cc1nc2c([nH]c3ccccc32)c(=O)n1/N=C\c1ccc([N+](=O)[O-])cc1. The topological polar surface area (TPSA) is 106 Å². The van der Waals surface area contributed by atoms with Gasteiger partial charge in [-0.3, -0.25) is 14.9 Å². The molecule has 4 aromatic rings. The third-order valence-corrected chi connectivity index (χ3v) is 4.09. The second-order valence-corrected chi connectivity index (χ2v) is 5.76. The zero-order valence-electron chi connectivity index (χ0n) is 13.7. The molecule has 4 rings (SSSR count). The number of non-ortho nitro benzene ring substituents is 1. The highest BCUT2D eigenvalue weighted by atomic mass is 16.6. The molecule has 128 valence electrons. The number of aryl methyl sites for hydroxylation is 1. The van der Waals surface area contributed by atoms with E-state index in [1.807, 2.05) is 24.3 Å². The first kappa shape index (κ1) is 15.7. The van der Waals surface area contributed by atoms with Crippen LogP contribution in [0.3, 0.4) is 0 Å². The van der Waals surface area contributed by atoms with Gasteiger partial charge in [-0.1, -0.05) is 18.2 Å². The molecule has 2 aromatic carbocycles. The van der Waals surface area contributed by atoms with Crippen molar-refractivity contribution < 1.29 is 4.92 Å². The summed E-state index contributed by atoms with van der Waals surface area (Å²) in [5.74, 6) is 0.449. The summed E-state index contributed by atoms with van der Waals surface area (Å²) in [5.41, 5.74) is 2.17. The largest absolute Gasteiger partial charge is 0.349 e. The molecule has 0 radical (unpaired) electrons. The number of benzene rings is 2. The number of aromatic nitrogens is 3. The average molecular weight is 347 g/mol. The number of fused-ring (bicyclic) bond motifs is 3. The number of nitrogens with one attached hydrogen (secondary N) is 1. The molecule has 0 saturated carbocycles. The standard InChI is InChI=1S/C18H13N5O3/c1-11-20-16-14-4-2-3-5-15(14)21-17(16)18(24)22(11)19-10-12-6-8-13(9-7-12)23(25)26/h2-10,21H,1H3/b19-10-. The molecular formula is C18H13N5O3. The number of H-pyrrole nitrogens is 1. The van der Waals surface area contributed by atoms with Crippen LogP contribution < -0.4 is 5.56 Å². The van der Waals surface area contributed by atoms with Gasteiger partial charge in [0.2, 0.25) is 0 Å². The summed E-state index contributed by atoms with van der Waals surface area (Å²) in [6.07, 6.45) is 1.47. The minimum absolute atomic E-state index is 0.00309. The molecule has 0 amide bonds. The number of para-hydroxylation sites is 1. The van der Waals surface area contributed by atoms with Gasteiger partial charge in [-0.2, -0.15) is 9.78 Å². The van der Waals surface area contributed by atoms with Crippen molar-refractivity contribution in [2.24, 2.45) is 5.10 Å². The minimum atomic E-state index is -0.469. The Labute approximate surface area is 146 Å². The van der Waals surface area contributed by atoms with Gasteiger partial charge >= 0.3 is 0 Å². The second kappa shape index (κ2) is 5.92. The van der Waals surface area contributed by atoms with Crippen LogP contribution >= 0.6 is 0 Å². The van der Waals surface area contributed by atoms with Gasteiger partial charge in [-0.25, -0.2) is 4.98 Å². The number of hydrogen-bond donors (Lipinski definition) is 1. The van der Waals surface area contributed by atoms with Crippen LogP contribution in [-0.4, -0.2) is 25.8 Å². The Morgan fingerprint density at radius 3 is 2.65 bits per heavy atom. The second-order valence-electron chi connectivity index (χ2n) is 5.76. The van der Waals surface area contributed by atoms with E-state index in [2.05, 4.69) is 15.1 Å². The fourth-order valence-electron chi connectivity index (χ4n) is 2.80. The van der Waals surface area contributed by atoms with E-state index in [9.17, 15) is 14.9 Å². The average Bonchev–Trinajstić information content (AvgIpc) is 3.01. The van der Waals surface area contributed by atoms with Crippen LogP contribution in [0.4, 0.5) is 5.69 Å². The third-order valence-electron chi connectivity index (χ3n) is 4.09. The van der Waals surface area contributed by atoms with Gasteiger partial charge in [0.15, 0.2) is 0 Å². The van der Waals surface area contributed by atoms with E-state index >= 15 is 0 Å². The Morgan fingerprint density at radius 2 is 1.92 bits per heavy atom. The molecule has 0 unspecified atom stereocenters. The fourth-order valence-corrected chi connectivity index (χ4v) is 2.80. The fraction of sp³-hybridized carbons (Fsp3) is 0.0556. The number of aromatic amines is 1. The van der Waals surface area contributed by atoms with Crippen molar-refractivity contribution in [1.29, 1.82) is 0 Å². The van der Waals surface area contributed by atoms with Crippen LogP contribution in [-0.2, 0) is 0 Å². The maximum absolute atomic E-state index is 12.8. The number of nitrogens with zero attached hydrogens (tertiary/aromatic N) is 4. The summed E-state index contributed by atoms with van der Waals surface area (Å²) in [6.45, 7) is 1.70. The van der Waals surface area contributed by atoms with Crippen LogP contribution in [0, 0.1) is 17.0 Å². The molecule has 0 spiro atoms. The van der Waals surface area contributed by atoms with Crippen LogP contribution in [0.2, 0.25) is 0 Å². The first-order valence-electron chi connectivity index (χ1n) is 7.83. The highest BCUT2D eigenvalue weighted by Crippen LogP contribution is 2.21. The van der Waals surface area contributed by atoms with Crippen LogP contribution in [0.15, 0.2) is 58.4 Å². The first-order valence-corrected chi connectivity index (χ1v) is 7.83. The summed E-state index contributed by atoms with van der Waals surface area (Å²) in [4.78, 5) is 30.6. The minimum Gasteiger partial charge on any atom is -0.349 e. The molecule has 26 heavy (non-hydrogen) atoms. The van der Waals surface area contributed by atoms with Gasteiger partial charge < -0.3 is 4.98 Å². The lowest BCUT2D eigenvalue weighted by Crippen LogP contribution is -2.20. The Bertz CT molecular complexity index is 1240. The van der Waals surface area contributed by atoms with Gasteiger partial charge in [-0.15, -0.1) is 0 Å². The Kier molecular flexibility index (Phi) is 3.58. The van der Waals surface area contributed by atoms with E-state index in [1.54, 1.807) is 19.1 Å². The predicted octanol–water partition coefficient (Wildman–Crippen LogP) is 2.98. The van der Waals surface area contributed by atoms with Crippen molar-refractivity contribution in [2.45, 2.75) is 6.92 Å². The molecule has 0 aliphatic rings. The first-order chi connectivity index (χ1) is 12.5. The monoisotopic (exact) mass is 347 g/mol. The Hall–Kier alpha value is -3.81. The smallest absolute Gasteiger partial charge is 0.298 e. The van der Waals surface area contributed by atoms with Gasteiger partial charge in [0.25, 0.3) is 11.2 Å². The predicted molar refractivity (Wildman–Crippen MR) is 98.7 cm³/mol. The van der Waals surface area contributed by atoms with Crippen molar-refractivity contribution in [1.82, 2.24) is 14.6 Å². The van der Waals surface area contributed by atoms with E-state index in [4.69, 9.17) is 0 Å². The van der Waals surface area contributed by atoms with E-state index in [0.29, 0.717) is 22.4 Å². The van der Waals surface area contributed by atoms with Crippen molar-refractivity contribution in [2.75, 3.05) is 0 Å². The summed E-state index contributed by atoms with van der Waals surface area (Å²) >= 11 is 0. The summed E-state index contributed by atoms with van der Waals surface area (Å²) in [6, 6.07) is 13.5. The van der Waals surface area contributed by atoms with E-state index < -0.39 is 4.92 Å². The Morgan fingerprint density at radius 1 is 1.19 bits per heavy atom. The molecule has 0 aliphatic carbocycles. The number of nitro benzene ring substituents is 1. The molecule has 1 N–H and O–H groups in total. The number of rotatable bonds is 3. The molecule has 8 heteroatoms. The molecule has 0 bridgehead atoms. The van der Waals surface area contributed by atoms with Gasteiger partial charge in [0, 0.05) is 23.0 Å². The van der Waals surface area contributed by atoms with E-state index in [1.165, 1.54) is 23.0 Å². The van der Waals surface area contributed by atoms with E-state index in [0.717, 1.165) is 10.9 Å². The lowest BCUT2D eigenvalue weighted by atomic mass is 10.2. The number of hydrogen-bond acceptors (Lipinski definition) is 5. The van der Waals surface area contributed by atoms with Gasteiger partial charge in [0.05, 0.1) is 11.1 Å². The molecule has 2 heterocycles. The molecule has 2 aromatic heterocycles. The lowest BCUT2D eigenvalue weighted by Gasteiger charge is -2.03. The highest BCUT2D eigenvalue weighted by molar-refractivity contribution is 6.04. The molecule has 0 aliphatic heterocycles. The molecular weight excluding hydrogens is 334 g/mol. The maximum atomic E-state index is 12.8. The maximum Gasteiger partial charge on any atom is 0.298 e. The summed E-state index contributed by atoms with van der Waals surface area (Å²) < 4.78 is 1.21. The molecule has 8 nitrogen and oxygen atoms in total. The zero-order valence-corrected chi connectivity index (χ0v) is 13.7. The summed E-state index contributed by atoms with van der Waals surface area (Å²) in [5, 5.41) is 15.8. The van der Waals surface area contributed by atoms with Gasteiger partial charge in [-0.05, 0) is 30.7 Å². The normalized spacial score (nSPS) is 11.6. The number of nitro groups is 1. The van der Waals surface area contributed by atoms with Crippen molar-refractivity contribution in [3.63, 3.8) is 0 Å². The van der Waals surface area contributed by atoms with Crippen molar-refractivity contribution in [3.8, 4) is 0 Å². The van der Waals surface area contributed by atoms with Crippen molar-refractivity contribution in [3.05, 3.63) is 80.4 Å². The van der Waals surface area contributed by atoms with E-state index in [-0.39, 0.29) is 11.2 Å². The quantitative estimate of drug-likeness (QED) is 0.349. The van der Waals surface area contributed by atoms with Crippen molar-refractivity contribution >= 4 is 33.8 Å². The zero-order chi connectivity index (χ0) is 18.3. The highest BCUT2D eigenvalue weighted by Gasteiger charge is 2.12. The molecule has 0 fully saturated rings. The Balaban J connectivity index is 1.80. The third kappa shape index (κ3) is 2.53. The lowest BCUT2D eigenvalue weighted by molar-refractivity contribution is -0.384. The molecule has 0 saturated heterocycles. The molecule has 0 atom stereocenters. The van der Waals surface area contributed by atoms with Gasteiger partial charge in [0.1, 0.15) is 16.9 Å². The summed E-state index contributed by atoms with van der Waals surface area (Å²) in [7, 11) is 0. The van der Waals surface area contributed by atoms with Crippen LogP contribution in [0.5, 0.6) is 0 Å². The van der Waals surface area contributed by atoms with Crippen LogP contribution in [0.1, 0.15) is 11.4 Å². The van der Waals surface area contributed by atoms with Crippen LogP contribution in [0.25, 0.3) is 21.9 Å².